The van der Waals surface area contributed by atoms with Crippen LogP contribution in [-0.2, 0) is 12.8 Å². The van der Waals surface area contributed by atoms with Crippen LogP contribution in [0.4, 0.5) is 4.39 Å². The largest absolute Gasteiger partial charge is 0.392 e. The van der Waals surface area contributed by atoms with Crippen molar-refractivity contribution >= 4 is 0 Å². The number of hydrogen-bond acceptors (Lipinski definition) is 5. The predicted octanol–water partition coefficient (Wildman–Crippen LogP) is 1.62. The maximum absolute atomic E-state index is 12.7. The van der Waals surface area contributed by atoms with Gasteiger partial charge in [0.25, 0.3) is 0 Å². The second-order valence-electron chi connectivity index (χ2n) is 4.13. The SMILES string of the molecule is N#CCC(O)Cc1nc(Cc2ccc(F)cc2)no1. The Hall–Kier alpha value is -2.26. The van der Waals surface area contributed by atoms with Gasteiger partial charge in [0.05, 0.1) is 25.0 Å². The second-order valence-corrected chi connectivity index (χ2v) is 4.13. The topological polar surface area (TPSA) is 82.9 Å². The third kappa shape index (κ3) is 3.86. The summed E-state index contributed by atoms with van der Waals surface area (Å²) in [6.45, 7) is 0. The van der Waals surface area contributed by atoms with Crippen molar-refractivity contribution in [2.24, 2.45) is 0 Å². The molecule has 0 saturated carbocycles. The Morgan fingerprint density at radius 1 is 1.37 bits per heavy atom. The second kappa shape index (κ2) is 6.07. The van der Waals surface area contributed by atoms with Crippen LogP contribution in [0.3, 0.4) is 0 Å². The number of nitriles is 1. The van der Waals surface area contributed by atoms with Crippen LogP contribution in [0.25, 0.3) is 0 Å². The first-order valence-electron chi connectivity index (χ1n) is 5.78. The molecule has 1 unspecified atom stereocenters. The van der Waals surface area contributed by atoms with Crippen molar-refractivity contribution < 1.29 is 14.0 Å². The molecule has 2 aromatic rings. The van der Waals surface area contributed by atoms with Gasteiger partial charge < -0.3 is 9.63 Å². The zero-order valence-corrected chi connectivity index (χ0v) is 10.1. The highest BCUT2D eigenvalue weighted by Crippen LogP contribution is 2.09. The smallest absolute Gasteiger partial charge is 0.229 e. The molecule has 19 heavy (non-hydrogen) atoms. The Bertz CT molecular complexity index is 574. The minimum Gasteiger partial charge on any atom is -0.392 e. The van der Waals surface area contributed by atoms with E-state index in [0.29, 0.717) is 18.1 Å². The molecule has 1 heterocycles. The monoisotopic (exact) mass is 261 g/mol. The molecule has 1 atom stereocenters. The van der Waals surface area contributed by atoms with Crippen molar-refractivity contribution in [3.8, 4) is 6.07 Å². The number of rotatable bonds is 5. The molecule has 0 aliphatic heterocycles. The van der Waals surface area contributed by atoms with Gasteiger partial charge in [-0.3, -0.25) is 0 Å². The van der Waals surface area contributed by atoms with Crippen molar-refractivity contribution in [1.29, 1.82) is 5.26 Å². The lowest BCUT2D eigenvalue weighted by molar-refractivity contribution is 0.167. The molecule has 0 amide bonds. The first-order chi connectivity index (χ1) is 9.17. The summed E-state index contributed by atoms with van der Waals surface area (Å²) >= 11 is 0. The van der Waals surface area contributed by atoms with E-state index in [-0.39, 0.29) is 18.7 Å². The number of halogens is 1. The molecular formula is C13H12FN3O2. The molecule has 1 N–H and O–H groups in total. The fourth-order valence-corrected chi connectivity index (χ4v) is 1.61. The van der Waals surface area contributed by atoms with Crippen LogP contribution in [0.5, 0.6) is 0 Å². The average molecular weight is 261 g/mol. The fourth-order valence-electron chi connectivity index (χ4n) is 1.61. The van der Waals surface area contributed by atoms with Gasteiger partial charge in [-0.15, -0.1) is 0 Å². The molecule has 1 aromatic carbocycles. The summed E-state index contributed by atoms with van der Waals surface area (Å²) in [7, 11) is 0. The van der Waals surface area contributed by atoms with Crippen LogP contribution in [0.2, 0.25) is 0 Å². The molecule has 0 spiro atoms. The molecule has 2 rings (SSSR count). The minimum atomic E-state index is -0.802. The number of benzene rings is 1. The van der Waals surface area contributed by atoms with Crippen LogP contribution in [0.1, 0.15) is 23.7 Å². The zero-order valence-electron chi connectivity index (χ0n) is 10.1. The van der Waals surface area contributed by atoms with E-state index in [9.17, 15) is 9.50 Å². The van der Waals surface area contributed by atoms with Crippen LogP contribution >= 0.6 is 0 Å². The van der Waals surface area contributed by atoms with Gasteiger partial charge in [0.2, 0.25) is 5.89 Å². The number of aliphatic hydroxyl groups is 1. The highest BCUT2D eigenvalue weighted by Gasteiger charge is 2.12. The van der Waals surface area contributed by atoms with Gasteiger partial charge in [-0.2, -0.15) is 10.2 Å². The quantitative estimate of drug-likeness (QED) is 0.884. The number of hydrogen-bond donors (Lipinski definition) is 1. The van der Waals surface area contributed by atoms with Crippen molar-refractivity contribution in [3.63, 3.8) is 0 Å². The maximum atomic E-state index is 12.7. The lowest BCUT2D eigenvalue weighted by Crippen LogP contribution is -2.09. The summed E-state index contributed by atoms with van der Waals surface area (Å²) in [4.78, 5) is 4.11. The van der Waals surface area contributed by atoms with Crippen LogP contribution in [-0.4, -0.2) is 21.4 Å². The summed E-state index contributed by atoms with van der Waals surface area (Å²) in [5.74, 6) is 0.461. The lowest BCUT2D eigenvalue weighted by Gasteiger charge is -1.99. The molecule has 98 valence electrons. The average Bonchev–Trinajstić information content (AvgIpc) is 2.80. The van der Waals surface area contributed by atoms with Crippen molar-refractivity contribution in [2.75, 3.05) is 0 Å². The zero-order chi connectivity index (χ0) is 13.7. The Balaban J connectivity index is 1.97. The van der Waals surface area contributed by atoms with Gasteiger partial charge in [0.15, 0.2) is 5.82 Å². The summed E-state index contributed by atoms with van der Waals surface area (Å²) < 4.78 is 17.7. The number of aliphatic hydroxyl groups excluding tert-OH is 1. The lowest BCUT2D eigenvalue weighted by atomic mass is 10.1. The normalized spacial score (nSPS) is 12.1. The van der Waals surface area contributed by atoms with Crippen LogP contribution < -0.4 is 0 Å². The first kappa shape index (κ1) is 13.2. The Kier molecular flexibility index (Phi) is 4.21. The van der Waals surface area contributed by atoms with E-state index in [1.807, 2.05) is 6.07 Å². The van der Waals surface area contributed by atoms with E-state index in [4.69, 9.17) is 9.78 Å². The third-order valence-corrected chi connectivity index (χ3v) is 2.52. The highest BCUT2D eigenvalue weighted by atomic mass is 19.1. The van der Waals surface area contributed by atoms with Gasteiger partial charge in [-0.25, -0.2) is 4.39 Å². The summed E-state index contributed by atoms with van der Waals surface area (Å²) in [6, 6.07) is 7.90. The molecule has 0 fully saturated rings. The fraction of sp³-hybridized carbons (Fsp3) is 0.308. The molecule has 5 nitrogen and oxygen atoms in total. The van der Waals surface area contributed by atoms with Crippen molar-refractivity contribution in [1.82, 2.24) is 10.1 Å². The van der Waals surface area contributed by atoms with E-state index in [0.717, 1.165) is 5.56 Å². The van der Waals surface area contributed by atoms with E-state index >= 15 is 0 Å². The summed E-state index contributed by atoms with van der Waals surface area (Å²) in [5, 5.41) is 21.6. The minimum absolute atomic E-state index is 0.0235. The molecule has 0 aliphatic carbocycles. The third-order valence-electron chi connectivity index (χ3n) is 2.52. The summed E-state index contributed by atoms with van der Waals surface area (Å²) in [6.07, 6.45) is -0.193. The first-order valence-corrected chi connectivity index (χ1v) is 5.78. The van der Waals surface area contributed by atoms with E-state index in [2.05, 4.69) is 10.1 Å². The Morgan fingerprint density at radius 3 is 2.79 bits per heavy atom. The number of nitrogens with zero attached hydrogens (tertiary/aromatic N) is 3. The van der Waals surface area contributed by atoms with Gasteiger partial charge in [-0.1, -0.05) is 17.3 Å². The van der Waals surface area contributed by atoms with Crippen LogP contribution in [0.15, 0.2) is 28.8 Å². The van der Waals surface area contributed by atoms with E-state index < -0.39 is 6.10 Å². The van der Waals surface area contributed by atoms with Gasteiger partial charge in [-0.05, 0) is 17.7 Å². The molecule has 0 saturated heterocycles. The van der Waals surface area contributed by atoms with E-state index in [1.54, 1.807) is 12.1 Å². The summed E-state index contributed by atoms with van der Waals surface area (Å²) in [5.41, 5.74) is 0.867. The predicted molar refractivity (Wildman–Crippen MR) is 63.4 cm³/mol. The Labute approximate surface area is 109 Å². The number of aromatic nitrogens is 2. The standard InChI is InChI=1S/C13H12FN3O2/c14-10-3-1-9(2-4-10)7-12-16-13(19-17-12)8-11(18)5-6-15/h1-4,11,18H,5,7-8H2. The van der Waals surface area contributed by atoms with Gasteiger partial charge in [0.1, 0.15) is 5.82 Å². The van der Waals surface area contributed by atoms with Crippen molar-refractivity contribution in [2.45, 2.75) is 25.4 Å². The van der Waals surface area contributed by atoms with Gasteiger partial charge >= 0.3 is 0 Å². The molecule has 6 heteroatoms. The van der Waals surface area contributed by atoms with Crippen molar-refractivity contribution in [3.05, 3.63) is 47.4 Å². The van der Waals surface area contributed by atoms with E-state index in [1.165, 1.54) is 12.1 Å². The van der Waals surface area contributed by atoms with Gasteiger partial charge in [0, 0.05) is 6.42 Å². The molecule has 0 aliphatic rings. The van der Waals surface area contributed by atoms with Crippen LogP contribution in [0, 0.1) is 17.1 Å². The molecular weight excluding hydrogens is 249 g/mol. The molecule has 0 radical (unpaired) electrons. The maximum Gasteiger partial charge on any atom is 0.229 e. The molecule has 1 aromatic heterocycles. The Morgan fingerprint density at radius 2 is 2.11 bits per heavy atom. The highest BCUT2D eigenvalue weighted by molar-refractivity contribution is 5.19. The molecule has 0 bridgehead atoms.